The van der Waals surface area contributed by atoms with Crippen LogP contribution in [0.15, 0.2) is 42.9 Å². The molecule has 0 unspecified atom stereocenters. The minimum Gasteiger partial charge on any atom is -0.429 e. The summed E-state index contributed by atoms with van der Waals surface area (Å²) in [7, 11) is 0. The van der Waals surface area contributed by atoms with Gasteiger partial charge in [-0.25, -0.2) is 4.98 Å². The predicted octanol–water partition coefficient (Wildman–Crippen LogP) is 1.02. The Kier molecular flexibility index (Phi) is 4.81. The van der Waals surface area contributed by atoms with Gasteiger partial charge < -0.3 is 14.6 Å². The zero-order chi connectivity index (χ0) is 14.4. The second kappa shape index (κ2) is 6.79. The van der Waals surface area contributed by atoms with Crippen LogP contribution >= 0.6 is 0 Å². The van der Waals surface area contributed by atoms with Gasteiger partial charge in [-0.3, -0.25) is 0 Å². The topological polar surface area (TPSA) is 84.1 Å². The highest BCUT2D eigenvalue weighted by atomic mass is 16.4. The van der Waals surface area contributed by atoms with Gasteiger partial charge in [-0.1, -0.05) is 30.3 Å². The Balaban J connectivity index is 0.000000452. The maximum atomic E-state index is 7.00. The first-order chi connectivity index (χ1) is 9.81. The van der Waals surface area contributed by atoms with Crippen molar-refractivity contribution in [3.05, 3.63) is 42.9 Å². The van der Waals surface area contributed by atoms with Crippen LogP contribution in [-0.4, -0.2) is 37.5 Å². The van der Waals surface area contributed by atoms with Gasteiger partial charge in [0.05, 0.1) is 12.5 Å². The summed E-state index contributed by atoms with van der Waals surface area (Å²) < 4.78 is 1.99. The average Bonchev–Trinajstić information content (AvgIpc) is 2.92. The fourth-order valence-corrected chi connectivity index (χ4v) is 1.93. The molecule has 0 atom stereocenters. The van der Waals surface area contributed by atoms with E-state index in [2.05, 4.69) is 34.2 Å². The number of imidazole rings is 1. The van der Waals surface area contributed by atoms with Crippen LogP contribution in [0.5, 0.6) is 0 Å². The summed E-state index contributed by atoms with van der Waals surface area (Å²) in [6.07, 6.45) is 3.58. The Bertz CT molecular complexity index is 672. The van der Waals surface area contributed by atoms with Crippen LogP contribution in [0.2, 0.25) is 0 Å². The Hall–Kier alpha value is -2.25. The number of aryl methyl sites for hydroxylation is 1. The lowest BCUT2D eigenvalue weighted by atomic mass is 10.1. The summed E-state index contributed by atoms with van der Waals surface area (Å²) in [5.41, 5.74) is 3.90. The van der Waals surface area contributed by atoms with Gasteiger partial charge in [0, 0.05) is 12.1 Å². The molecule has 0 aliphatic carbocycles. The van der Waals surface area contributed by atoms with Crippen molar-refractivity contribution in [1.82, 2.24) is 19.7 Å². The van der Waals surface area contributed by atoms with Crippen molar-refractivity contribution < 1.29 is 10.0 Å². The number of benzene rings is 1. The van der Waals surface area contributed by atoms with Gasteiger partial charge >= 0.3 is 7.69 Å². The first-order valence-electron chi connectivity index (χ1n) is 6.13. The monoisotopic (exact) mass is 269 g/mol. The van der Waals surface area contributed by atoms with Crippen LogP contribution in [0, 0.1) is 0 Å². The molecular weight excluding hydrogens is 255 g/mol. The molecule has 1 radical (unpaired) electrons. The third kappa shape index (κ3) is 2.84. The summed E-state index contributed by atoms with van der Waals surface area (Å²) in [5, 5.41) is 22.2. The van der Waals surface area contributed by atoms with Crippen LogP contribution < -0.4 is 0 Å². The maximum absolute atomic E-state index is 7.00. The van der Waals surface area contributed by atoms with Gasteiger partial charge in [0.2, 0.25) is 0 Å². The fourth-order valence-electron chi connectivity index (χ4n) is 1.93. The molecule has 20 heavy (non-hydrogen) atoms. The molecule has 0 spiro atoms. The standard InChI is InChI=1S/C13H12N4.BH2O2/c1-2-17-9-14-12-11(8-15-16-13(12)17)10-6-4-3-5-7-10;2-1-3/h3-9H,2H2,1H3;2-3H. The van der Waals surface area contributed by atoms with Crippen molar-refractivity contribution in [2.45, 2.75) is 13.5 Å². The molecule has 7 heteroatoms. The normalized spacial score (nSPS) is 9.95. The van der Waals surface area contributed by atoms with Gasteiger partial charge in [0.1, 0.15) is 5.52 Å². The molecule has 0 saturated carbocycles. The van der Waals surface area contributed by atoms with Crippen molar-refractivity contribution in [3.8, 4) is 11.1 Å². The SMILES string of the molecule is CCn1cnc2c(-c3ccccc3)cnnc21.O[B]O. The Labute approximate surface area is 117 Å². The molecule has 2 heterocycles. The molecular formula is C13H14BN4O2. The number of hydrogen-bond donors (Lipinski definition) is 2. The van der Waals surface area contributed by atoms with E-state index in [1.54, 1.807) is 6.20 Å². The second-order valence-electron chi connectivity index (χ2n) is 3.94. The van der Waals surface area contributed by atoms with Gasteiger partial charge in [-0.05, 0) is 12.5 Å². The first kappa shape index (κ1) is 14.2. The number of aromatic nitrogens is 4. The van der Waals surface area contributed by atoms with E-state index in [-0.39, 0.29) is 7.69 Å². The van der Waals surface area contributed by atoms with Gasteiger partial charge in [-0.15, -0.1) is 5.10 Å². The lowest BCUT2D eigenvalue weighted by Crippen LogP contribution is -1.95. The molecule has 2 aromatic heterocycles. The van der Waals surface area contributed by atoms with Gasteiger partial charge in [0.15, 0.2) is 5.65 Å². The molecule has 0 saturated heterocycles. The Morgan fingerprint density at radius 1 is 1.20 bits per heavy atom. The highest BCUT2D eigenvalue weighted by Crippen LogP contribution is 2.24. The van der Waals surface area contributed by atoms with E-state index in [1.165, 1.54) is 0 Å². The summed E-state index contributed by atoms with van der Waals surface area (Å²) >= 11 is 0. The summed E-state index contributed by atoms with van der Waals surface area (Å²) in [6.45, 7) is 2.92. The Morgan fingerprint density at radius 2 is 1.90 bits per heavy atom. The predicted molar refractivity (Wildman–Crippen MR) is 76.6 cm³/mol. The van der Waals surface area contributed by atoms with E-state index in [0.717, 1.165) is 28.8 Å². The van der Waals surface area contributed by atoms with E-state index in [9.17, 15) is 0 Å². The van der Waals surface area contributed by atoms with Crippen LogP contribution in [0.25, 0.3) is 22.3 Å². The smallest absolute Gasteiger partial charge is 0.429 e. The van der Waals surface area contributed by atoms with Crippen LogP contribution in [-0.2, 0) is 6.54 Å². The second-order valence-corrected chi connectivity index (χ2v) is 3.94. The molecule has 0 aliphatic heterocycles. The fraction of sp³-hybridized carbons (Fsp3) is 0.154. The molecule has 0 amide bonds. The lowest BCUT2D eigenvalue weighted by molar-refractivity contribution is 0.448. The van der Waals surface area contributed by atoms with Crippen molar-refractivity contribution in [1.29, 1.82) is 0 Å². The van der Waals surface area contributed by atoms with Crippen molar-refractivity contribution in [2.24, 2.45) is 0 Å². The van der Waals surface area contributed by atoms with E-state index < -0.39 is 0 Å². The van der Waals surface area contributed by atoms with Crippen molar-refractivity contribution >= 4 is 18.8 Å². The lowest BCUT2D eigenvalue weighted by Gasteiger charge is -2.02. The number of hydrogen-bond acceptors (Lipinski definition) is 5. The number of nitrogens with zero attached hydrogens (tertiary/aromatic N) is 4. The summed E-state index contributed by atoms with van der Waals surface area (Å²) in [4.78, 5) is 4.43. The molecule has 0 bridgehead atoms. The molecule has 2 N–H and O–H groups in total. The number of rotatable bonds is 2. The molecule has 101 valence electrons. The van der Waals surface area contributed by atoms with Crippen LogP contribution in [0.1, 0.15) is 6.92 Å². The van der Waals surface area contributed by atoms with Crippen LogP contribution in [0.3, 0.4) is 0 Å². The molecule has 0 aliphatic rings. The zero-order valence-electron chi connectivity index (χ0n) is 11.0. The largest absolute Gasteiger partial charge is 0.482 e. The third-order valence-electron chi connectivity index (χ3n) is 2.83. The summed E-state index contributed by atoms with van der Waals surface area (Å²) in [5.74, 6) is 0. The molecule has 6 nitrogen and oxygen atoms in total. The zero-order valence-corrected chi connectivity index (χ0v) is 11.0. The maximum Gasteiger partial charge on any atom is 0.482 e. The first-order valence-corrected chi connectivity index (χ1v) is 6.13. The van der Waals surface area contributed by atoms with E-state index in [1.807, 2.05) is 29.1 Å². The minimum absolute atomic E-state index is 0. The average molecular weight is 269 g/mol. The van der Waals surface area contributed by atoms with Crippen molar-refractivity contribution in [3.63, 3.8) is 0 Å². The van der Waals surface area contributed by atoms with E-state index in [0.29, 0.717) is 0 Å². The molecule has 3 aromatic rings. The molecule has 1 aromatic carbocycles. The van der Waals surface area contributed by atoms with Crippen molar-refractivity contribution in [2.75, 3.05) is 0 Å². The highest BCUT2D eigenvalue weighted by molar-refractivity contribution is 6.13. The third-order valence-corrected chi connectivity index (χ3v) is 2.83. The highest BCUT2D eigenvalue weighted by Gasteiger charge is 2.09. The summed E-state index contributed by atoms with van der Waals surface area (Å²) in [6, 6.07) is 10.1. The van der Waals surface area contributed by atoms with E-state index in [4.69, 9.17) is 10.0 Å². The van der Waals surface area contributed by atoms with Gasteiger partial charge in [0.25, 0.3) is 0 Å². The molecule has 0 fully saturated rings. The molecule has 3 rings (SSSR count). The Morgan fingerprint density at radius 3 is 2.55 bits per heavy atom. The minimum atomic E-state index is 0. The van der Waals surface area contributed by atoms with Crippen LogP contribution in [0.4, 0.5) is 0 Å². The quantitative estimate of drug-likeness (QED) is 0.678. The van der Waals surface area contributed by atoms with E-state index >= 15 is 0 Å². The number of fused-ring (bicyclic) bond motifs is 1. The van der Waals surface area contributed by atoms with Gasteiger partial charge in [-0.2, -0.15) is 5.10 Å².